The Balaban J connectivity index is 3.28. The monoisotopic (exact) mass is 247 g/mol. The first-order valence-corrected chi connectivity index (χ1v) is 5.26. The molecule has 0 amide bonds. The Kier molecular flexibility index (Phi) is 4.81. The highest BCUT2D eigenvalue weighted by molar-refractivity contribution is 5.43. The highest BCUT2D eigenvalue weighted by Gasteiger charge is 2.23. The van der Waals surface area contributed by atoms with Gasteiger partial charge in [0.2, 0.25) is 0 Å². The van der Waals surface area contributed by atoms with Crippen LogP contribution in [0.5, 0.6) is 5.75 Å². The molecule has 0 bridgehead atoms. The molecular formula is C12H14F3O2. The lowest BCUT2D eigenvalue weighted by atomic mass is 10.1. The minimum Gasteiger partial charge on any atom is -0.490 e. The standard InChI is InChI=1S/C12H14F3O2/c1-4-16-6-8-10(14)9(13)7(3)12(11(8)15)17-5-2/h3-6H2,1-2H3. The van der Waals surface area contributed by atoms with Crippen LogP contribution in [0.15, 0.2) is 0 Å². The molecule has 0 saturated carbocycles. The van der Waals surface area contributed by atoms with Crippen molar-refractivity contribution in [3.63, 3.8) is 0 Å². The summed E-state index contributed by atoms with van der Waals surface area (Å²) >= 11 is 0. The van der Waals surface area contributed by atoms with Crippen LogP contribution in [0.4, 0.5) is 13.2 Å². The smallest absolute Gasteiger partial charge is 0.174 e. The van der Waals surface area contributed by atoms with Gasteiger partial charge in [-0.3, -0.25) is 0 Å². The minimum absolute atomic E-state index is 0.137. The predicted octanol–water partition coefficient (Wildman–Crippen LogP) is 3.22. The van der Waals surface area contributed by atoms with Crippen molar-refractivity contribution >= 4 is 0 Å². The zero-order chi connectivity index (χ0) is 13.0. The second-order valence-electron chi connectivity index (χ2n) is 3.30. The van der Waals surface area contributed by atoms with Gasteiger partial charge in [-0.25, -0.2) is 13.2 Å². The zero-order valence-corrected chi connectivity index (χ0v) is 9.78. The molecule has 0 N–H and O–H groups in total. The van der Waals surface area contributed by atoms with Gasteiger partial charge in [0, 0.05) is 12.2 Å². The molecule has 0 spiro atoms. The van der Waals surface area contributed by atoms with Crippen molar-refractivity contribution in [1.82, 2.24) is 0 Å². The molecule has 2 nitrogen and oxygen atoms in total. The molecule has 0 atom stereocenters. The number of rotatable bonds is 5. The summed E-state index contributed by atoms with van der Waals surface area (Å²) in [6.07, 6.45) is 0. The lowest BCUT2D eigenvalue weighted by molar-refractivity contribution is 0.127. The van der Waals surface area contributed by atoms with E-state index in [4.69, 9.17) is 9.47 Å². The van der Waals surface area contributed by atoms with Gasteiger partial charge in [0.25, 0.3) is 0 Å². The molecule has 0 aromatic heterocycles. The Bertz CT molecular complexity index is 405. The molecule has 0 aliphatic carbocycles. The van der Waals surface area contributed by atoms with Crippen LogP contribution in [0.3, 0.4) is 0 Å². The maximum absolute atomic E-state index is 13.8. The van der Waals surface area contributed by atoms with E-state index in [-0.39, 0.29) is 25.6 Å². The predicted molar refractivity (Wildman–Crippen MR) is 57.3 cm³/mol. The van der Waals surface area contributed by atoms with Crippen LogP contribution in [0.25, 0.3) is 0 Å². The van der Waals surface area contributed by atoms with Gasteiger partial charge >= 0.3 is 0 Å². The van der Waals surface area contributed by atoms with E-state index in [2.05, 4.69) is 6.92 Å². The summed E-state index contributed by atoms with van der Waals surface area (Å²) in [7, 11) is 0. The van der Waals surface area contributed by atoms with E-state index >= 15 is 0 Å². The highest BCUT2D eigenvalue weighted by atomic mass is 19.2. The Morgan fingerprint density at radius 3 is 2.18 bits per heavy atom. The van der Waals surface area contributed by atoms with Gasteiger partial charge in [-0.05, 0) is 20.8 Å². The Hall–Kier alpha value is -1.23. The highest BCUT2D eigenvalue weighted by Crippen LogP contribution is 2.31. The van der Waals surface area contributed by atoms with Gasteiger partial charge in [-0.15, -0.1) is 0 Å². The van der Waals surface area contributed by atoms with E-state index in [9.17, 15) is 13.2 Å². The van der Waals surface area contributed by atoms with Crippen LogP contribution in [-0.4, -0.2) is 13.2 Å². The van der Waals surface area contributed by atoms with E-state index in [0.717, 1.165) is 0 Å². The lowest BCUT2D eigenvalue weighted by Crippen LogP contribution is -2.08. The summed E-state index contributed by atoms with van der Waals surface area (Å²) in [5, 5.41) is 0. The van der Waals surface area contributed by atoms with Crippen molar-refractivity contribution in [2.75, 3.05) is 13.2 Å². The van der Waals surface area contributed by atoms with Gasteiger partial charge in [0.15, 0.2) is 23.2 Å². The average Bonchev–Trinajstić information content (AvgIpc) is 2.32. The van der Waals surface area contributed by atoms with E-state index in [1.54, 1.807) is 13.8 Å². The maximum atomic E-state index is 13.8. The Labute approximate surface area is 98.3 Å². The van der Waals surface area contributed by atoms with E-state index < -0.39 is 28.6 Å². The third-order valence-electron chi connectivity index (χ3n) is 2.20. The second kappa shape index (κ2) is 5.91. The van der Waals surface area contributed by atoms with Crippen LogP contribution in [0.2, 0.25) is 0 Å². The van der Waals surface area contributed by atoms with Crippen molar-refractivity contribution in [2.24, 2.45) is 0 Å². The molecule has 17 heavy (non-hydrogen) atoms. The zero-order valence-electron chi connectivity index (χ0n) is 9.78. The number of benzene rings is 1. The summed E-state index contributed by atoms with van der Waals surface area (Å²) in [5.41, 5.74) is -0.887. The Morgan fingerprint density at radius 2 is 1.65 bits per heavy atom. The number of halogens is 3. The number of hydrogen-bond acceptors (Lipinski definition) is 2. The Morgan fingerprint density at radius 1 is 1.00 bits per heavy atom. The first-order chi connectivity index (χ1) is 8.04. The molecule has 95 valence electrons. The van der Waals surface area contributed by atoms with Crippen molar-refractivity contribution in [1.29, 1.82) is 0 Å². The first-order valence-electron chi connectivity index (χ1n) is 5.26. The largest absolute Gasteiger partial charge is 0.490 e. The van der Waals surface area contributed by atoms with Crippen LogP contribution in [0, 0.1) is 24.4 Å². The molecule has 0 heterocycles. The van der Waals surface area contributed by atoms with E-state index in [1.807, 2.05) is 0 Å². The quantitative estimate of drug-likeness (QED) is 0.744. The fourth-order valence-electron chi connectivity index (χ4n) is 1.36. The summed E-state index contributed by atoms with van der Waals surface area (Å²) in [5.74, 6) is -3.79. The second-order valence-corrected chi connectivity index (χ2v) is 3.30. The molecule has 5 heteroatoms. The third kappa shape index (κ3) is 2.72. The maximum Gasteiger partial charge on any atom is 0.174 e. The van der Waals surface area contributed by atoms with Gasteiger partial charge in [-0.2, -0.15) is 0 Å². The van der Waals surface area contributed by atoms with Crippen molar-refractivity contribution in [2.45, 2.75) is 20.5 Å². The third-order valence-corrected chi connectivity index (χ3v) is 2.20. The average molecular weight is 247 g/mol. The molecule has 0 aliphatic heterocycles. The topological polar surface area (TPSA) is 18.5 Å². The summed E-state index contributed by atoms with van der Waals surface area (Å²) in [4.78, 5) is 0. The molecule has 0 fully saturated rings. The SMILES string of the molecule is [CH2]c1c(F)c(F)c(COCC)c(F)c1OCC. The normalized spacial score (nSPS) is 10.7. The molecule has 0 aliphatic rings. The van der Waals surface area contributed by atoms with E-state index in [0.29, 0.717) is 0 Å². The van der Waals surface area contributed by atoms with Crippen molar-refractivity contribution in [3.05, 3.63) is 35.5 Å². The molecule has 1 aromatic carbocycles. The summed E-state index contributed by atoms with van der Waals surface area (Å²) < 4.78 is 50.6. The van der Waals surface area contributed by atoms with Gasteiger partial charge in [0.1, 0.15) is 0 Å². The molecule has 1 rings (SSSR count). The fourth-order valence-corrected chi connectivity index (χ4v) is 1.36. The van der Waals surface area contributed by atoms with Gasteiger partial charge in [0.05, 0.1) is 18.8 Å². The van der Waals surface area contributed by atoms with Gasteiger partial charge < -0.3 is 9.47 Å². The summed E-state index contributed by atoms with van der Waals surface area (Å²) in [6, 6.07) is 0. The van der Waals surface area contributed by atoms with Crippen LogP contribution >= 0.6 is 0 Å². The lowest BCUT2D eigenvalue weighted by Gasteiger charge is -2.14. The van der Waals surface area contributed by atoms with Crippen LogP contribution in [0.1, 0.15) is 25.0 Å². The molecular weight excluding hydrogens is 233 g/mol. The molecule has 0 saturated heterocycles. The minimum atomic E-state index is -1.27. The van der Waals surface area contributed by atoms with Crippen LogP contribution in [-0.2, 0) is 11.3 Å². The van der Waals surface area contributed by atoms with Crippen LogP contribution < -0.4 is 4.74 Å². The number of hydrogen-bond donors (Lipinski definition) is 0. The van der Waals surface area contributed by atoms with Gasteiger partial charge in [-0.1, -0.05) is 0 Å². The molecule has 0 unspecified atom stereocenters. The molecule has 1 aromatic rings. The fraction of sp³-hybridized carbons (Fsp3) is 0.417. The summed E-state index contributed by atoms with van der Waals surface area (Å²) in [6.45, 7) is 6.62. The van der Waals surface area contributed by atoms with E-state index in [1.165, 1.54) is 0 Å². The van der Waals surface area contributed by atoms with Crippen molar-refractivity contribution in [3.8, 4) is 5.75 Å². The van der Waals surface area contributed by atoms with Crippen molar-refractivity contribution < 1.29 is 22.6 Å². The molecule has 1 radical (unpaired) electrons. The first kappa shape index (κ1) is 13.8. The number of ether oxygens (including phenoxy) is 2.